The van der Waals surface area contributed by atoms with Crippen molar-refractivity contribution in [1.29, 1.82) is 0 Å². The van der Waals surface area contributed by atoms with E-state index in [0.717, 1.165) is 4.47 Å². The maximum atomic E-state index is 12.8. The molecule has 0 aliphatic rings. The predicted octanol–water partition coefficient (Wildman–Crippen LogP) is 2.71. The van der Waals surface area contributed by atoms with Crippen LogP contribution in [-0.4, -0.2) is 36.0 Å². The summed E-state index contributed by atoms with van der Waals surface area (Å²) < 4.78 is 4.01. The van der Waals surface area contributed by atoms with E-state index in [1.54, 1.807) is 28.8 Å². The van der Waals surface area contributed by atoms with Gasteiger partial charge < -0.3 is 9.67 Å². The Kier molecular flexibility index (Phi) is 4.98. The quantitative estimate of drug-likeness (QED) is 0.448. The average molecular weight is 455 g/mol. The molecule has 0 aliphatic heterocycles. The van der Waals surface area contributed by atoms with Gasteiger partial charge in [0.05, 0.1) is 24.0 Å². The van der Waals surface area contributed by atoms with Crippen molar-refractivity contribution in [3.8, 4) is 0 Å². The molecule has 1 N–H and O–H groups in total. The molecule has 8 nitrogen and oxygen atoms in total. The number of nitrogens with zero attached hydrogens (tertiary/aromatic N) is 4. The smallest absolute Gasteiger partial charge is 0.303 e. The number of carboxylic acids is 1. The van der Waals surface area contributed by atoms with Crippen LogP contribution in [0.2, 0.25) is 0 Å². The maximum absolute atomic E-state index is 12.8. The van der Waals surface area contributed by atoms with Crippen LogP contribution < -0.4 is 5.56 Å². The molecule has 0 fully saturated rings. The van der Waals surface area contributed by atoms with Gasteiger partial charge in [0, 0.05) is 16.5 Å². The van der Waals surface area contributed by atoms with Crippen LogP contribution >= 0.6 is 15.9 Å². The molecule has 0 unspecified atom stereocenters. The van der Waals surface area contributed by atoms with E-state index in [1.807, 2.05) is 24.3 Å². The van der Waals surface area contributed by atoms with E-state index in [9.17, 15) is 14.4 Å². The number of rotatable bonds is 6. The predicted molar refractivity (Wildman–Crippen MR) is 109 cm³/mol. The minimum atomic E-state index is -1.01. The maximum Gasteiger partial charge on any atom is 0.303 e. The van der Waals surface area contributed by atoms with Crippen molar-refractivity contribution < 1.29 is 14.7 Å². The van der Waals surface area contributed by atoms with Gasteiger partial charge in [-0.2, -0.15) is 14.6 Å². The van der Waals surface area contributed by atoms with Crippen LogP contribution in [0.4, 0.5) is 0 Å². The number of aliphatic carboxylic acids is 1. The highest BCUT2D eigenvalue weighted by molar-refractivity contribution is 9.10. The summed E-state index contributed by atoms with van der Waals surface area (Å²) >= 11 is 3.35. The number of aryl methyl sites for hydroxylation is 1. The van der Waals surface area contributed by atoms with Crippen LogP contribution in [0.25, 0.3) is 16.8 Å². The number of para-hydroxylation sites is 2. The van der Waals surface area contributed by atoms with Crippen molar-refractivity contribution in [3.05, 3.63) is 74.6 Å². The van der Waals surface area contributed by atoms with Gasteiger partial charge in [-0.25, -0.2) is 0 Å². The summed E-state index contributed by atoms with van der Waals surface area (Å²) in [6.45, 7) is -0.0127. The minimum absolute atomic E-state index is 0.0125. The van der Waals surface area contributed by atoms with Gasteiger partial charge in [-0.05, 0) is 24.3 Å². The van der Waals surface area contributed by atoms with Crippen LogP contribution in [0.15, 0.2) is 57.8 Å². The van der Waals surface area contributed by atoms with Crippen molar-refractivity contribution >= 4 is 44.5 Å². The molecule has 0 atom stereocenters. The molecule has 0 saturated carbocycles. The third-order valence-corrected chi connectivity index (χ3v) is 5.07. The third-order valence-electron chi connectivity index (χ3n) is 4.54. The molecule has 2 heterocycles. The summed E-state index contributed by atoms with van der Waals surface area (Å²) in [6.07, 6.45) is -0.224. The number of benzene rings is 2. The fraction of sp³-hybridized carbons (Fsp3) is 0.150. The van der Waals surface area contributed by atoms with E-state index < -0.39 is 11.5 Å². The molecule has 0 radical (unpaired) electrons. The fourth-order valence-electron chi connectivity index (χ4n) is 3.14. The molecule has 146 valence electrons. The number of carbonyl (C=O) groups is 2. The van der Waals surface area contributed by atoms with Crippen molar-refractivity contribution in [1.82, 2.24) is 19.2 Å². The Labute approximate surface area is 172 Å². The number of halogens is 1. The van der Waals surface area contributed by atoms with E-state index in [4.69, 9.17) is 5.11 Å². The first kappa shape index (κ1) is 19.0. The van der Waals surface area contributed by atoms with Crippen molar-refractivity contribution in [2.24, 2.45) is 0 Å². The molecule has 9 heteroatoms. The zero-order valence-electron chi connectivity index (χ0n) is 15.1. The third kappa shape index (κ3) is 3.68. The molecule has 29 heavy (non-hydrogen) atoms. The second kappa shape index (κ2) is 7.59. The second-order valence-corrected chi connectivity index (χ2v) is 7.39. The number of ketones is 1. The number of fused-ring (bicyclic) bond motifs is 3. The van der Waals surface area contributed by atoms with Crippen LogP contribution in [0.1, 0.15) is 22.5 Å². The summed E-state index contributed by atoms with van der Waals surface area (Å²) in [5, 5.41) is 13.2. The van der Waals surface area contributed by atoms with E-state index in [1.165, 1.54) is 4.52 Å². The van der Waals surface area contributed by atoms with E-state index in [-0.39, 0.29) is 36.6 Å². The first-order valence-corrected chi connectivity index (χ1v) is 9.61. The van der Waals surface area contributed by atoms with Gasteiger partial charge in [0.15, 0.2) is 5.78 Å². The first-order chi connectivity index (χ1) is 13.9. The van der Waals surface area contributed by atoms with Crippen LogP contribution in [0, 0.1) is 0 Å². The van der Waals surface area contributed by atoms with Gasteiger partial charge in [0.25, 0.3) is 5.56 Å². The number of carbonyl (C=O) groups excluding carboxylic acids is 1. The average Bonchev–Trinajstić information content (AvgIpc) is 2.99. The lowest BCUT2D eigenvalue weighted by Gasteiger charge is -2.06. The Morgan fingerprint density at radius 3 is 2.41 bits per heavy atom. The summed E-state index contributed by atoms with van der Waals surface area (Å²) in [5.74, 6) is -0.912. The Morgan fingerprint density at radius 2 is 1.72 bits per heavy atom. The van der Waals surface area contributed by atoms with Crippen LogP contribution in [-0.2, 0) is 17.8 Å². The molecule has 0 aliphatic carbocycles. The highest BCUT2D eigenvalue weighted by Crippen LogP contribution is 2.20. The molecular weight excluding hydrogens is 440 g/mol. The summed E-state index contributed by atoms with van der Waals surface area (Å²) in [4.78, 5) is 40.1. The molecule has 2 aromatic carbocycles. The topological polar surface area (TPSA) is 107 Å². The zero-order chi connectivity index (χ0) is 20.5. The Balaban J connectivity index is 1.83. The molecule has 2 aromatic heterocycles. The van der Waals surface area contributed by atoms with Crippen molar-refractivity contribution in [2.75, 3.05) is 0 Å². The molecule has 0 saturated heterocycles. The van der Waals surface area contributed by atoms with E-state index in [2.05, 4.69) is 26.0 Å². The Hall–Kier alpha value is -3.33. The fourth-order valence-corrected chi connectivity index (χ4v) is 3.40. The number of hydrogen-bond donors (Lipinski definition) is 1. The number of Topliss-reactive ketones (excluding diaryl/α,β-unsaturated/α-hetero) is 1. The lowest BCUT2D eigenvalue weighted by molar-refractivity contribution is -0.136. The number of carboxylic acid groups (broad SMARTS) is 1. The Morgan fingerprint density at radius 1 is 1.03 bits per heavy atom. The Bertz CT molecular complexity index is 1310. The zero-order valence-corrected chi connectivity index (χ0v) is 16.7. The monoisotopic (exact) mass is 454 g/mol. The number of aromatic nitrogens is 4. The molecule has 0 bridgehead atoms. The lowest BCUT2D eigenvalue weighted by atomic mass is 10.1. The van der Waals surface area contributed by atoms with E-state index >= 15 is 0 Å². The number of hydrogen-bond acceptors (Lipinski definition) is 5. The number of imidazole rings is 1. The molecular formula is C20H15BrN4O4. The standard InChI is InChI=1S/C20H15BrN4O4/c21-13-7-5-12(6-8-13)17(26)11-24-15-3-1-2-4-16(15)25-20(24)22-19(29)14(23-25)9-10-18(27)28/h1-8H,9-11H2,(H,27,28). The molecule has 4 rings (SSSR count). The largest absolute Gasteiger partial charge is 0.481 e. The van der Waals surface area contributed by atoms with Gasteiger partial charge in [0.2, 0.25) is 5.78 Å². The molecule has 0 spiro atoms. The second-order valence-electron chi connectivity index (χ2n) is 6.47. The minimum Gasteiger partial charge on any atom is -0.481 e. The van der Waals surface area contributed by atoms with Gasteiger partial charge >= 0.3 is 5.97 Å². The van der Waals surface area contributed by atoms with Gasteiger partial charge in [0.1, 0.15) is 5.69 Å². The summed E-state index contributed by atoms with van der Waals surface area (Å²) in [7, 11) is 0. The van der Waals surface area contributed by atoms with Gasteiger partial charge in [-0.15, -0.1) is 0 Å². The normalized spacial score (nSPS) is 11.2. The van der Waals surface area contributed by atoms with Crippen molar-refractivity contribution in [3.63, 3.8) is 0 Å². The van der Waals surface area contributed by atoms with E-state index in [0.29, 0.717) is 16.6 Å². The lowest BCUT2D eigenvalue weighted by Crippen LogP contribution is -2.21. The summed E-state index contributed by atoms with van der Waals surface area (Å²) in [6, 6.07) is 14.3. The highest BCUT2D eigenvalue weighted by Gasteiger charge is 2.18. The van der Waals surface area contributed by atoms with Gasteiger partial charge in [-0.3, -0.25) is 14.4 Å². The highest BCUT2D eigenvalue weighted by atomic mass is 79.9. The molecule has 4 aromatic rings. The molecule has 0 amide bonds. The van der Waals surface area contributed by atoms with Crippen LogP contribution in [0.5, 0.6) is 0 Å². The summed E-state index contributed by atoms with van der Waals surface area (Å²) in [5.41, 5.74) is 1.40. The van der Waals surface area contributed by atoms with Crippen LogP contribution in [0.3, 0.4) is 0 Å². The first-order valence-electron chi connectivity index (χ1n) is 8.82. The van der Waals surface area contributed by atoms with Crippen molar-refractivity contribution in [2.45, 2.75) is 19.4 Å². The SMILES string of the molecule is O=C(O)CCc1nn2c3ccccc3n(CC(=O)c3ccc(Br)cc3)c2nc1=O. The van der Waals surface area contributed by atoms with Gasteiger partial charge in [-0.1, -0.05) is 40.2 Å².